The SMILES string of the molecule is O=P([O-])([O-])CBr.[Na+].[Na+]. The summed E-state index contributed by atoms with van der Waals surface area (Å²) in [5, 5.41) is -0.472. The van der Waals surface area contributed by atoms with Crippen LogP contribution in [0.4, 0.5) is 0 Å². The zero-order chi connectivity index (χ0) is 5.21. The molecule has 0 aliphatic carbocycles. The Morgan fingerprint density at radius 3 is 1.50 bits per heavy atom. The van der Waals surface area contributed by atoms with E-state index in [0.717, 1.165) is 0 Å². The molecule has 38 valence electrons. The van der Waals surface area contributed by atoms with Gasteiger partial charge in [-0.2, -0.15) is 0 Å². The van der Waals surface area contributed by atoms with Gasteiger partial charge in [-0.15, -0.1) is 0 Å². The Morgan fingerprint density at radius 2 is 1.50 bits per heavy atom. The van der Waals surface area contributed by atoms with E-state index in [1.165, 1.54) is 0 Å². The first-order valence-electron chi connectivity index (χ1n) is 1.13. The van der Waals surface area contributed by atoms with Gasteiger partial charge in [-0.3, -0.25) is 0 Å². The molecule has 0 aliphatic heterocycles. The van der Waals surface area contributed by atoms with E-state index in [1.807, 2.05) is 0 Å². The van der Waals surface area contributed by atoms with Crippen LogP contribution in [0.5, 0.6) is 0 Å². The van der Waals surface area contributed by atoms with Crippen molar-refractivity contribution in [2.24, 2.45) is 0 Å². The van der Waals surface area contributed by atoms with Gasteiger partial charge < -0.3 is 14.4 Å². The van der Waals surface area contributed by atoms with E-state index in [1.54, 1.807) is 0 Å². The molecule has 0 unspecified atom stereocenters. The molecule has 0 aromatic carbocycles. The fraction of sp³-hybridized carbons (Fsp3) is 1.00. The molecule has 0 aliphatic rings. The summed E-state index contributed by atoms with van der Waals surface area (Å²) in [7, 11) is -4.23. The molecule has 0 fully saturated rings. The van der Waals surface area contributed by atoms with E-state index in [0.29, 0.717) is 0 Å². The molecule has 0 aromatic rings. The second kappa shape index (κ2) is 7.73. The molecule has 0 spiro atoms. The van der Waals surface area contributed by atoms with Crippen LogP contribution in [0.25, 0.3) is 0 Å². The second-order valence-corrected chi connectivity index (χ2v) is 3.70. The summed E-state index contributed by atoms with van der Waals surface area (Å²) in [5.74, 6) is 0. The van der Waals surface area contributed by atoms with Crippen LogP contribution in [0.3, 0.4) is 0 Å². The Morgan fingerprint density at radius 1 is 1.38 bits per heavy atom. The maximum atomic E-state index is 9.43. The van der Waals surface area contributed by atoms with Crippen LogP contribution in [-0.2, 0) is 4.57 Å². The van der Waals surface area contributed by atoms with Gasteiger partial charge in [0.05, 0.1) is 0 Å². The third-order valence-electron chi connectivity index (χ3n) is 0.146. The van der Waals surface area contributed by atoms with Crippen molar-refractivity contribution < 1.29 is 73.5 Å². The third-order valence-corrected chi connectivity index (χ3v) is 2.28. The van der Waals surface area contributed by atoms with Crippen LogP contribution in [-0.4, -0.2) is 5.07 Å². The van der Waals surface area contributed by atoms with Gasteiger partial charge in [0, 0.05) is 5.07 Å². The summed E-state index contributed by atoms with van der Waals surface area (Å²) in [5.41, 5.74) is 0. The average molecular weight is 219 g/mol. The molecule has 3 nitrogen and oxygen atoms in total. The van der Waals surface area contributed by atoms with Crippen molar-refractivity contribution in [3.63, 3.8) is 0 Å². The molecule has 0 heterocycles. The fourth-order valence-electron chi connectivity index (χ4n) is 0. The molecule has 8 heavy (non-hydrogen) atoms. The summed E-state index contributed by atoms with van der Waals surface area (Å²) in [4.78, 5) is 18.9. The first-order valence-corrected chi connectivity index (χ1v) is 3.98. The van der Waals surface area contributed by atoms with Crippen LogP contribution in [0.2, 0.25) is 0 Å². The van der Waals surface area contributed by atoms with E-state index >= 15 is 0 Å². The van der Waals surface area contributed by atoms with Crippen molar-refractivity contribution >= 4 is 23.5 Å². The number of alkyl halides is 1. The summed E-state index contributed by atoms with van der Waals surface area (Å²) < 4.78 is 9.43. The van der Waals surface area contributed by atoms with Crippen molar-refractivity contribution in [1.82, 2.24) is 0 Å². The molecule has 0 N–H and O–H groups in total. The number of hydrogen-bond acceptors (Lipinski definition) is 3. The fourth-order valence-corrected chi connectivity index (χ4v) is 0. The van der Waals surface area contributed by atoms with Crippen molar-refractivity contribution in [2.45, 2.75) is 0 Å². The van der Waals surface area contributed by atoms with Crippen LogP contribution >= 0.6 is 23.5 Å². The Labute approximate surface area is 100 Å². The van der Waals surface area contributed by atoms with Crippen LogP contribution in [0.1, 0.15) is 0 Å². The van der Waals surface area contributed by atoms with Gasteiger partial charge in [-0.1, -0.05) is 23.5 Å². The van der Waals surface area contributed by atoms with Gasteiger partial charge in [-0.05, 0) is 0 Å². The predicted octanol–water partition coefficient (Wildman–Crippen LogP) is -6.74. The van der Waals surface area contributed by atoms with E-state index in [4.69, 9.17) is 0 Å². The van der Waals surface area contributed by atoms with E-state index in [2.05, 4.69) is 15.9 Å². The summed E-state index contributed by atoms with van der Waals surface area (Å²) in [6.07, 6.45) is 0. The maximum absolute atomic E-state index is 9.43. The minimum absolute atomic E-state index is 0. The average Bonchev–Trinajstić information content (AvgIpc) is 1.35. The smallest absolute Gasteiger partial charge is 0.810 e. The van der Waals surface area contributed by atoms with Crippen LogP contribution in [0, 0.1) is 0 Å². The van der Waals surface area contributed by atoms with Gasteiger partial charge in [0.25, 0.3) is 0 Å². The number of hydrogen-bond donors (Lipinski definition) is 0. The topological polar surface area (TPSA) is 63.2 Å². The summed E-state index contributed by atoms with van der Waals surface area (Å²) >= 11 is 2.48. The molecule has 0 saturated carbocycles. The van der Waals surface area contributed by atoms with E-state index < -0.39 is 12.7 Å². The maximum Gasteiger partial charge on any atom is 1.00 e. The standard InChI is InChI=1S/CH4BrO3P.2Na/c2-1-6(3,4)5;;/h1H2,(H2,3,4,5);;/q;2*+1/p-2. The van der Waals surface area contributed by atoms with Gasteiger partial charge in [0.1, 0.15) is 0 Å². The molecule has 7 heteroatoms. The van der Waals surface area contributed by atoms with E-state index in [-0.39, 0.29) is 59.1 Å². The van der Waals surface area contributed by atoms with Crippen LogP contribution < -0.4 is 68.9 Å². The zero-order valence-electron chi connectivity index (χ0n) is 4.76. The Hall–Kier alpha value is 2.63. The molecular weight excluding hydrogens is 217 g/mol. The minimum atomic E-state index is -4.23. The molecule has 0 amide bonds. The van der Waals surface area contributed by atoms with Crippen molar-refractivity contribution in [3.8, 4) is 0 Å². The number of rotatable bonds is 1. The van der Waals surface area contributed by atoms with Crippen molar-refractivity contribution in [3.05, 3.63) is 0 Å². The summed E-state index contributed by atoms with van der Waals surface area (Å²) in [6.45, 7) is 0. The molecule has 0 aromatic heterocycles. The molecule has 0 atom stereocenters. The molecule has 0 bridgehead atoms. The monoisotopic (exact) mass is 218 g/mol. The Bertz CT molecular complexity index is 81.4. The molecule has 0 saturated heterocycles. The van der Waals surface area contributed by atoms with Crippen molar-refractivity contribution in [1.29, 1.82) is 0 Å². The molecular formula is CH2BrNa2O3P. The van der Waals surface area contributed by atoms with E-state index in [9.17, 15) is 14.4 Å². The first-order chi connectivity index (χ1) is 2.56. The first kappa shape index (κ1) is 16.9. The van der Waals surface area contributed by atoms with Crippen LogP contribution in [0.15, 0.2) is 0 Å². The van der Waals surface area contributed by atoms with Gasteiger partial charge in [-0.25, -0.2) is 0 Å². The van der Waals surface area contributed by atoms with Crippen molar-refractivity contribution in [2.75, 3.05) is 5.07 Å². The zero-order valence-corrected chi connectivity index (χ0v) is 11.2. The van der Waals surface area contributed by atoms with Gasteiger partial charge in [0.15, 0.2) is 0 Å². The quantitative estimate of drug-likeness (QED) is 0.250. The molecule has 0 radical (unpaired) electrons. The van der Waals surface area contributed by atoms with Gasteiger partial charge in [0.2, 0.25) is 0 Å². The minimum Gasteiger partial charge on any atom is -0.810 e. The Balaban J connectivity index is -0.000000125. The third kappa shape index (κ3) is 15.9. The Kier molecular flexibility index (Phi) is 16.4. The largest absolute Gasteiger partial charge is 1.00 e. The second-order valence-electron chi connectivity index (χ2n) is 0.730. The summed E-state index contributed by atoms with van der Waals surface area (Å²) in [6, 6.07) is 0. The molecule has 0 rings (SSSR count). The number of halogens is 1. The normalized spacial score (nSPS) is 8.88. The predicted molar refractivity (Wildman–Crippen MR) is 21.4 cm³/mol. The van der Waals surface area contributed by atoms with Gasteiger partial charge >= 0.3 is 59.1 Å².